The number of carbonyl (C=O) groups is 1. The molecule has 1 heterocycles. The molecule has 6 heteroatoms. The number of amides is 1. The van der Waals surface area contributed by atoms with Crippen molar-refractivity contribution in [3.8, 4) is 11.1 Å². The second-order valence-corrected chi connectivity index (χ2v) is 6.75. The smallest absolute Gasteiger partial charge is 0.254 e. The van der Waals surface area contributed by atoms with Crippen LogP contribution in [0.2, 0.25) is 0 Å². The lowest BCUT2D eigenvalue weighted by molar-refractivity contribution is 0.0584. The van der Waals surface area contributed by atoms with Crippen LogP contribution in [-0.2, 0) is 0 Å². The minimum Gasteiger partial charge on any atom is -0.334 e. The van der Waals surface area contributed by atoms with E-state index in [9.17, 15) is 18.0 Å². The number of nitrogens with two attached hydrogens (primary N) is 1. The monoisotopic (exact) mass is 362 g/mol. The van der Waals surface area contributed by atoms with Crippen molar-refractivity contribution in [1.82, 2.24) is 4.90 Å². The molecule has 2 N–H and O–H groups in total. The minimum absolute atomic E-state index is 0.0104. The Balaban J connectivity index is 1.84. The zero-order valence-electron chi connectivity index (χ0n) is 14.5. The molecule has 2 aromatic carbocycles. The Morgan fingerprint density at radius 2 is 1.69 bits per heavy atom. The third-order valence-electron chi connectivity index (χ3n) is 4.87. The summed E-state index contributed by atoms with van der Waals surface area (Å²) in [5, 5.41) is 0. The van der Waals surface area contributed by atoms with Crippen LogP contribution in [0.1, 0.15) is 36.5 Å². The third-order valence-corrected chi connectivity index (χ3v) is 4.87. The molecule has 2 unspecified atom stereocenters. The van der Waals surface area contributed by atoms with Crippen LogP contribution in [0.3, 0.4) is 0 Å². The fraction of sp³-hybridized carbons (Fsp3) is 0.350. The van der Waals surface area contributed by atoms with E-state index >= 15 is 0 Å². The average molecular weight is 362 g/mol. The van der Waals surface area contributed by atoms with Crippen molar-refractivity contribution in [3.63, 3.8) is 0 Å². The van der Waals surface area contributed by atoms with Gasteiger partial charge in [0.05, 0.1) is 0 Å². The SMILES string of the molecule is CC(N)C1CCCCN1C(=O)c1ccc(-c2cc(F)c(F)c(F)c2)cc1. The van der Waals surface area contributed by atoms with Gasteiger partial charge in [0.1, 0.15) is 0 Å². The fourth-order valence-corrected chi connectivity index (χ4v) is 3.45. The van der Waals surface area contributed by atoms with Gasteiger partial charge in [0, 0.05) is 24.2 Å². The van der Waals surface area contributed by atoms with Gasteiger partial charge in [0.25, 0.3) is 5.91 Å². The van der Waals surface area contributed by atoms with Crippen LogP contribution < -0.4 is 5.73 Å². The first-order valence-corrected chi connectivity index (χ1v) is 8.70. The summed E-state index contributed by atoms with van der Waals surface area (Å²) in [5.74, 6) is -4.08. The van der Waals surface area contributed by atoms with Crippen molar-refractivity contribution in [3.05, 3.63) is 59.4 Å². The van der Waals surface area contributed by atoms with Gasteiger partial charge < -0.3 is 10.6 Å². The highest BCUT2D eigenvalue weighted by Gasteiger charge is 2.29. The summed E-state index contributed by atoms with van der Waals surface area (Å²) in [5.41, 5.74) is 7.22. The summed E-state index contributed by atoms with van der Waals surface area (Å²) in [4.78, 5) is 14.6. The maximum absolute atomic E-state index is 13.4. The van der Waals surface area contributed by atoms with E-state index in [4.69, 9.17) is 5.73 Å². The van der Waals surface area contributed by atoms with Crippen LogP contribution >= 0.6 is 0 Å². The first kappa shape index (κ1) is 18.5. The van der Waals surface area contributed by atoms with Crippen LogP contribution in [0, 0.1) is 17.5 Å². The molecule has 0 bridgehead atoms. The molecule has 0 aliphatic carbocycles. The van der Waals surface area contributed by atoms with Crippen molar-refractivity contribution in [2.24, 2.45) is 5.73 Å². The van der Waals surface area contributed by atoms with E-state index in [1.165, 1.54) is 0 Å². The molecular weight excluding hydrogens is 341 g/mol. The highest BCUT2D eigenvalue weighted by Crippen LogP contribution is 2.26. The molecule has 3 nitrogen and oxygen atoms in total. The van der Waals surface area contributed by atoms with E-state index in [0.717, 1.165) is 31.4 Å². The zero-order chi connectivity index (χ0) is 18.8. The normalized spacial score (nSPS) is 18.7. The number of carbonyl (C=O) groups excluding carboxylic acids is 1. The largest absolute Gasteiger partial charge is 0.334 e. The number of piperidine rings is 1. The number of halogens is 3. The summed E-state index contributed by atoms with van der Waals surface area (Å²) in [6, 6.07) is 8.21. The van der Waals surface area contributed by atoms with E-state index in [-0.39, 0.29) is 23.6 Å². The Hall–Kier alpha value is -2.34. The maximum Gasteiger partial charge on any atom is 0.254 e. The van der Waals surface area contributed by atoms with Gasteiger partial charge in [-0.2, -0.15) is 0 Å². The van der Waals surface area contributed by atoms with Crippen LogP contribution in [-0.4, -0.2) is 29.4 Å². The lowest BCUT2D eigenvalue weighted by atomic mass is 9.95. The summed E-state index contributed by atoms with van der Waals surface area (Å²) in [6.45, 7) is 2.57. The predicted octanol–water partition coefficient (Wildman–Crippen LogP) is 4.11. The van der Waals surface area contributed by atoms with E-state index in [1.54, 1.807) is 29.2 Å². The van der Waals surface area contributed by atoms with Crippen molar-refractivity contribution in [2.75, 3.05) is 6.54 Å². The summed E-state index contributed by atoms with van der Waals surface area (Å²) < 4.78 is 39.9. The molecular formula is C20H21F3N2O. The van der Waals surface area contributed by atoms with E-state index in [2.05, 4.69) is 0 Å². The van der Waals surface area contributed by atoms with Gasteiger partial charge in [0.15, 0.2) is 17.5 Å². The van der Waals surface area contributed by atoms with Crippen LogP contribution in [0.15, 0.2) is 36.4 Å². The molecule has 0 spiro atoms. The van der Waals surface area contributed by atoms with Gasteiger partial charge in [-0.05, 0) is 61.6 Å². The first-order valence-electron chi connectivity index (χ1n) is 8.70. The molecule has 0 aromatic heterocycles. The number of nitrogens with zero attached hydrogens (tertiary/aromatic N) is 1. The summed E-state index contributed by atoms with van der Waals surface area (Å²) in [6.07, 6.45) is 2.88. The Kier molecular flexibility index (Phi) is 5.32. The fourth-order valence-electron chi connectivity index (χ4n) is 3.45. The van der Waals surface area contributed by atoms with Gasteiger partial charge >= 0.3 is 0 Å². The highest BCUT2D eigenvalue weighted by atomic mass is 19.2. The standard InChI is InChI=1S/C20H21F3N2O/c1-12(24)18-4-2-3-9-25(18)20(26)14-7-5-13(6-8-14)15-10-16(21)19(23)17(22)11-15/h5-8,10-12,18H,2-4,9,24H2,1H3. The highest BCUT2D eigenvalue weighted by molar-refractivity contribution is 5.95. The number of likely N-dealkylation sites (tertiary alicyclic amines) is 1. The zero-order valence-corrected chi connectivity index (χ0v) is 14.5. The van der Waals surface area contributed by atoms with Gasteiger partial charge in [-0.25, -0.2) is 13.2 Å². The van der Waals surface area contributed by atoms with E-state index < -0.39 is 17.5 Å². The molecule has 2 atom stereocenters. The lowest BCUT2D eigenvalue weighted by Gasteiger charge is -2.38. The van der Waals surface area contributed by atoms with Crippen molar-refractivity contribution in [2.45, 2.75) is 38.3 Å². The Labute approximate surface area is 150 Å². The molecule has 1 amide bonds. The van der Waals surface area contributed by atoms with Crippen LogP contribution in [0.5, 0.6) is 0 Å². The molecule has 1 fully saturated rings. The molecule has 3 rings (SSSR count). The van der Waals surface area contributed by atoms with Gasteiger partial charge in [-0.3, -0.25) is 4.79 Å². The average Bonchev–Trinajstić information content (AvgIpc) is 2.65. The predicted molar refractivity (Wildman–Crippen MR) is 94.1 cm³/mol. The third kappa shape index (κ3) is 3.60. The van der Waals surface area contributed by atoms with E-state index in [1.807, 2.05) is 6.92 Å². The van der Waals surface area contributed by atoms with E-state index in [0.29, 0.717) is 17.7 Å². The number of hydrogen-bond acceptors (Lipinski definition) is 2. The molecule has 138 valence electrons. The second-order valence-electron chi connectivity index (χ2n) is 6.75. The minimum atomic E-state index is -1.49. The molecule has 0 saturated carbocycles. The Morgan fingerprint density at radius 3 is 2.27 bits per heavy atom. The van der Waals surface area contributed by atoms with Crippen LogP contribution in [0.25, 0.3) is 11.1 Å². The van der Waals surface area contributed by atoms with Crippen LogP contribution in [0.4, 0.5) is 13.2 Å². The van der Waals surface area contributed by atoms with Crippen molar-refractivity contribution in [1.29, 1.82) is 0 Å². The molecule has 1 aliphatic heterocycles. The lowest BCUT2D eigenvalue weighted by Crippen LogP contribution is -2.51. The number of hydrogen-bond donors (Lipinski definition) is 1. The van der Waals surface area contributed by atoms with Gasteiger partial charge in [0.2, 0.25) is 0 Å². The van der Waals surface area contributed by atoms with Gasteiger partial charge in [-0.1, -0.05) is 12.1 Å². The van der Waals surface area contributed by atoms with Crippen molar-refractivity contribution >= 4 is 5.91 Å². The molecule has 2 aromatic rings. The number of rotatable bonds is 3. The first-order chi connectivity index (χ1) is 12.4. The topological polar surface area (TPSA) is 46.3 Å². The molecule has 1 saturated heterocycles. The summed E-state index contributed by atoms with van der Waals surface area (Å²) >= 11 is 0. The molecule has 26 heavy (non-hydrogen) atoms. The maximum atomic E-state index is 13.4. The summed E-state index contributed by atoms with van der Waals surface area (Å²) in [7, 11) is 0. The molecule has 1 aliphatic rings. The molecule has 0 radical (unpaired) electrons. The Morgan fingerprint density at radius 1 is 1.08 bits per heavy atom. The second kappa shape index (κ2) is 7.50. The Bertz CT molecular complexity index is 782. The van der Waals surface area contributed by atoms with Gasteiger partial charge in [-0.15, -0.1) is 0 Å². The quantitative estimate of drug-likeness (QED) is 0.835. The number of benzene rings is 2. The van der Waals surface area contributed by atoms with Crippen molar-refractivity contribution < 1.29 is 18.0 Å².